The zero-order valence-corrected chi connectivity index (χ0v) is 9.98. The first-order chi connectivity index (χ1) is 8.25. The van der Waals surface area contributed by atoms with Gasteiger partial charge in [-0.3, -0.25) is 4.79 Å². The molecule has 86 valence electrons. The molecule has 0 aliphatic rings. The SMILES string of the molecule is O=C(SCc1ccccc1)c1ccc(O)cc1. The van der Waals surface area contributed by atoms with E-state index < -0.39 is 0 Å². The Bertz CT molecular complexity index is 491. The Kier molecular flexibility index (Phi) is 3.83. The van der Waals surface area contributed by atoms with Crippen LogP contribution in [0.1, 0.15) is 15.9 Å². The number of hydrogen-bond acceptors (Lipinski definition) is 3. The van der Waals surface area contributed by atoms with Crippen molar-refractivity contribution in [2.75, 3.05) is 0 Å². The Morgan fingerprint density at radius 2 is 1.65 bits per heavy atom. The van der Waals surface area contributed by atoms with E-state index in [0.29, 0.717) is 11.3 Å². The Labute approximate surface area is 104 Å². The van der Waals surface area contributed by atoms with Gasteiger partial charge in [0.05, 0.1) is 0 Å². The minimum absolute atomic E-state index is 0.0221. The van der Waals surface area contributed by atoms with Crippen molar-refractivity contribution in [3.05, 3.63) is 65.7 Å². The summed E-state index contributed by atoms with van der Waals surface area (Å²) in [5, 5.41) is 9.15. The molecule has 0 spiro atoms. The number of carbonyl (C=O) groups excluding carboxylic acids is 1. The van der Waals surface area contributed by atoms with Crippen molar-refractivity contribution in [1.29, 1.82) is 0 Å². The monoisotopic (exact) mass is 244 g/mol. The van der Waals surface area contributed by atoms with Gasteiger partial charge in [0.25, 0.3) is 0 Å². The molecule has 3 heteroatoms. The number of rotatable bonds is 3. The van der Waals surface area contributed by atoms with Crippen molar-refractivity contribution < 1.29 is 9.90 Å². The maximum atomic E-state index is 11.8. The molecule has 0 amide bonds. The van der Waals surface area contributed by atoms with E-state index in [4.69, 9.17) is 5.11 Å². The molecule has 0 bridgehead atoms. The van der Waals surface area contributed by atoms with Crippen LogP contribution in [-0.2, 0) is 5.75 Å². The van der Waals surface area contributed by atoms with Gasteiger partial charge in [0.15, 0.2) is 0 Å². The number of phenolic OH excluding ortho intramolecular Hbond substituents is 1. The molecule has 0 heterocycles. The molecule has 17 heavy (non-hydrogen) atoms. The second kappa shape index (κ2) is 5.55. The van der Waals surface area contributed by atoms with Crippen LogP contribution in [0.4, 0.5) is 0 Å². The number of benzene rings is 2. The fourth-order valence-corrected chi connectivity index (χ4v) is 2.20. The molecular formula is C14H12O2S. The molecule has 2 aromatic rings. The van der Waals surface area contributed by atoms with Crippen LogP contribution in [0.2, 0.25) is 0 Å². The van der Waals surface area contributed by atoms with Crippen LogP contribution in [0.25, 0.3) is 0 Å². The highest BCUT2D eigenvalue weighted by atomic mass is 32.2. The zero-order chi connectivity index (χ0) is 12.1. The summed E-state index contributed by atoms with van der Waals surface area (Å²) >= 11 is 1.27. The number of hydrogen-bond donors (Lipinski definition) is 1. The van der Waals surface area contributed by atoms with Crippen LogP contribution in [-0.4, -0.2) is 10.2 Å². The predicted octanol–water partition coefficient (Wildman–Crippen LogP) is 3.47. The number of thioether (sulfide) groups is 1. The van der Waals surface area contributed by atoms with Crippen LogP contribution in [0.15, 0.2) is 54.6 Å². The van der Waals surface area contributed by atoms with Gasteiger partial charge in [-0.2, -0.15) is 0 Å². The maximum Gasteiger partial charge on any atom is 0.219 e. The molecule has 0 radical (unpaired) electrons. The first-order valence-corrected chi connectivity index (χ1v) is 6.24. The van der Waals surface area contributed by atoms with Crippen molar-refractivity contribution >= 4 is 16.9 Å². The third-order valence-corrected chi connectivity index (χ3v) is 3.29. The van der Waals surface area contributed by atoms with E-state index in [9.17, 15) is 4.79 Å². The van der Waals surface area contributed by atoms with E-state index >= 15 is 0 Å². The van der Waals surface area contributed by atoms with Gasteiger partial charge in [-0.25, -0.2) is 0 Å². The quantitative estimate of drug-likeness (QED) is 0.898. The molecule has 0 aliphatic carbocycles. The van der Waals surface area contributed by atoms with E-state index in [1.165, 1.54) is 23.9 Å². The summed E-state index contributed by atoms with van der Waals surface area (Å²) in [6.45, 7) is 0. The summed E-state index contributed by atoms with van der Waals surface area (Å²) in [5.41, 5.74) is 1.74. The largest absolute Gasteiger partial charge is 0.508 e. The Morgan fingerprint density at radius 1 is 1.00 bits per heavy atom. The molecule has 0 fully saturated rings. The second-order valence-electron chi connectivity index (χ2n) is 3.61. The molecule has 0 aliphatic heterocycles. The van der Waals surface area contributed by atoms with Crippen LogP contribution >= 0.6 is 11.8 Å². The third-order valence-electron chi connectivity index (χ3n) is 2.32. The molecule has 0 unspecified atom stereocenters. The number of aromatic hydroxyl groups is 1. The minimum atomic E-state index is 0.0221. The van der Waals surface area contributed by atoms with Gasteiger partial charge in [-0.15, -0.1) is 0 Å². The van der Waals surface area contributed by atoms with Gasteiger partial charge in [0.2, 0.25) is 5.12 Å². The smallest absolute Gasteiger partial charge is 0.219 e. The Morgan fingerprint density at radius 3 is 2.29 bits per heavy atom. The molecular weight excluding hydrogens is 232 g/mol. The van der Waals surface area contributed by atoms with Gasteiger partial charge in [0, 0.05) is 11.3 Å². The lowest BCUT2D eigenvalue weighted by Gasteiger charge is -2.01. The summed E-state index contributed by atoms with van der Waals surface area (Å²) < 4.78 is 0. The molecule has 0 aromatic heterocycles. The van der Waals surface area contributed by atoms with Gasteiger partial charge >= 0.3 is 0 Å². The average molecular weight is 244 g/mol. The van der Waals surface area contributed by atoms with Gasteiger partial charge < -0.3 is 5.11 Å². The van der Waals surface area contributed by atoms with Crippen LogP contribution in [0.5, 0.6) is 5.75 Å². The second-order valence-corrected chi connectivity index (χ2v) is 4.56. The summed E-state index contributed by atoms with van der Waals surface area (Å²) in [4.78, 5) is 11.8. The topological polar surface area (TPSA) is 37.3 Å². The van der Waals surface area contributed by atoms with Crippen molar-refractivity contribution in [2.45, 2.75) is 5.75 Å². The summed E-state index contributed by atoms with van der Waals surface area (Å²) in [7, 11) is 0. The standard InChI is InChI=1S/C14H12O2S/c15-13-8-6-12(7-9-13)14(16)17-10-11-4-2-1-3-5-11/h1-9,15H,10H2. The van der Waals surface area contributed by atoms with Crippen LogP contribution in [0.3, 0.4) is 0 Å². The Balaban J connectivity index is 1.96. The number of phenols is 1. The van der Waals surface area contributed by atoms with Gasteiger partial charge in [-0.1, -0.05) is 42.1 Å². The van der Waals surface area contributed by atoms with Crippen LogP contribution < -0.4 is 0 Å². The molecule has 2 nitrogen and oxygen atoms in total. The van der Waals surface area contributed by atoms with E-state index in [2.05, 4.69) is 0 Å². The molecule has 0 atom stereocenters. The van der Waals surface area contributed by atoms with Crippen LogP contribution in [0, 0.1) is 0 Å². The summed E-state index contributed by atoms with van der Waals surface area (Å²) in [6.07, 6.45) is 0. The highest BCUT2D eigenvalue weighted by Crippen LogP contribution is 2.19. The predicted molar refractivity (Wildman–Crippen MR) is 70.2 cm³/mol. The van der Waals surface area contributed by atoms with E-state index in [1.54, 1.807) is 12.1 Å². The first-order valence-electron chi connectivity index (χ1n) is 5.26. The van der Waals surface area contributed by atoms with Crippen molar-refractivity contribution in [3.8, 4) is 5.75 Å². The summed E-state index contributed by atoms with van der Waals surface area (Å²) in [5.74, 6) is 0.843. The van der Waals surface area contributed by atoms with Crippen molar-refractivity contribution in [1.82, 2.24) is 0 Å². The molecule has 0 saturated heterocycles. The molecule has 1 N–H and O–H groups in total. The third kappa shape index (κ3) is 3.36. The fraction of sp³-hybridized carbons (Fsp3) is 0.0714. The molecule has 2 rings (SSSR count). The maximum absolute atomic E-state index is 11.8. The minimum Gasteiger partial charge on any atom is -0.508 e. The zero-order valence-electron chi connectivity index (χ0n) is 9.17. The molecule has 2 aromatic carbocycles. The highest BCUT2D eigenvalue weighted by molar-refractivity contribution is 8.13. The average Bonchev–Trinajstić information content (AvgIpc) is 2.38. The Hall–Kier alpha value is -1.74. The highest BCUT2D eigenvalue weighted by Gasteiger charge is 2.06. The lowest BCUT2D eigenvalue weighted by atomic mass is 10.2. The van der Waals surface area contributed by atoms with Gasteiger partial charge in [0.1, 0.15) is 5.75 Å². The van der Waals surface area contributed by atoms with E-state index in [1.807, 2.05) is 30.3 Å². The van der Waals surface area contributed by atoms with Crippen molar-refractivity contribution in [2.24, 2.45) is 0 Å². The van der Waals surface area contributed by atoms with E-state index in [-0.39, 0.29) is 10.9 Å². The lowest BCUT2D eigenvalue weighted by molar-refractivity contribution is 0.108. The number of carbonyl (C=O) groups is 1. The molecule has 0 saturated carbocycles. The normalized spacial score (nSPS) is 10.1. The lowest BCUT2D eigenvalue weighted by Crippen LogP contribution is -1.93. The first kappa shape index (κ1) is 11.7. The van der Waals surface area contributed by atoms with E-state index in [0.717, 1.165) is 5.56 Å². The summed E-state index contributed by atoms with van der Waals surface area (Å²) in [6, 6.07) is 16.2. The van der Waals surface area contributed by atoms with Gasteiger partial charge in [-0.05, 0) is 29.8 Å². The van der Waals surface area contributed by atoms with Crippen molar-refractivity contribution in [3.63, 3.8) is 0 Å². The fourth-order valence-electron chi connectivity index (χ4n) is 1.40.